The lowest BCUT2D eigenvalue weighted by Crippen LogP contribution is -2.59. The first-order valence-electron chi connectivity index (χ1n) is 9.44. The quantitative estimate of drug-likeness (QED) is 0.654. The van der Waals surface area contributed by atoms with E-state index < -0.39 is 11.6 Å². The van der Waals surface area contributed by atoms with Gasteiger partial charge < -0.3 is 15.5 Å². The van der Waals surface area contributed by atoms with Crippen LogP contribution < -0.4 is 5.32 Å². The summed E-state index contributed by atoms with van der Waals surface area (Å²) in [6, 6.07) is 18.4. The Balaban J connectivity index is 1.77. The molecule has 5 nitrogen and oxygen atoms in total. The van der Waals surface area contributed by atoms with E-state index in [0.717, 1.165) is 13.0 Å². The third kappa shape index (κ3) is 4.38. The van der Waals surface area contributed by atoms with Crippen LogP contribution >= 0.6 is 0 Å². The lowest BCUT2D eigenvalue weighted by atomic mass is 9.91. The molecule has 0 saturated heterocycles. The van der Waals surface area contributed by atoms with E-state index in [1.807, 2.05) is 37.4 Å². The number of nitrogens with one attached hydrogen (secondary N) is 1. The highest BCUT2D eigenvalue weighted by atomic mass is 16.3. The van der Waals surface area contributed by atoms with E-state index in [1.165, 1.54) is 16.7 Å². The second-order valence-corrected chi connectivity index (χ2v) is 7.36. The van der Waals surface area contributed by atoms with Gasteiger partial charge in [-0.05, 0) is 30.2 Å². The average molecular weight is 368 g/mol. The molecule has 0 aliphatic heterocycles. The molecule has 0 unspecified atom stereocenters. The van der Waals surface area contributed by atoms with Gasteiger partial charge in [-0.2, -0.15) is 0 Å². The fourth-order valence-corrected chi connectivity index (χ4v) is 3.79. The maximum Gasteiger partial charge on any atom is 0.241 e. The van der Waals surface area contributed by atoms with Crippen LogP contribution in [0.15, 0.2) is 54.6 Å². The molecule has 0 bridgehead atoms. The molecule has 0 aromatic heterocycles. The molecule has 27 heavy (non-hydrogen) atoms. The third-order valence-corrected chi connectivity index (χ3v) is 5.53. The summed E-state index contributed by atoms with van der Waals surface area (Å²) in [6.45, 7) is 0.450. The van der Waals surface area contributed by atoms with E-state index in [4.69, 9.17) is 5.11 Å². The monoisotopic (exact) mass is 368 g/mol. The second-order valence-electron chi connectivity index (χ2n) is 7.36. The smallest absolute Gasteiger partial charge is 0.241 e. The number of amides is 1. The van der Waals surface area contributed by atoms with Crippen molar-refractivity contribution in [3.8, 4) is 0 Å². The van der Waals surface area contributed by atoms with Gasteiger partial charge >= 0.3 is 0 Å². The van der Waals surface area contributed by atoms with Gasteiger partial charge in [-0.25, -0.2) is 0 Å². The molecule has 3 rings (SSSR count). The first kappa shape index (κ1) is 19.5. The molecule has 0 radical (unpaired) electrons. The number of hydrogen-bond donors (Lipinski definition) is 3. The molecule has 1 aliphatic rings. The maximum atomic E-state index is 13.2. The van der Waals surface area contributed by atoms with Crippen LogP contribution in [0.25, 0.3) is 0 Å². The number of nitrogens with zero attached hydrogens (tertiary/aromatic N) is 1. The van der Waals surface area contributed by atoms with Crippen molar-refractivity contribution in [2.75, 3.05) is 26.7 Å². The Bertz CT molecular complexity index is 738. The number of likely N-dealkylation sites (N-methyl/N-ethyl adjacent to an activating group) is 1. The molecule has 0 heterocycles. The summed E-state index contributed by atoms with van der Waals surface area (Å²) in [4.78, 5) is 15.3. The zero-order chi connectivity index (χ0) is 19.3. The van der Waals surface area contributed by atoms with Crippen molar-refractivity contribution in [1.82, 2.24) is 10.2 Å². The molecular formula is C22H28N2O3. The summed E-state index contributed by atoms with van der Waals surface area (Å²) >= 11 is 0. The highest BCUT2D eigenvalue weighted by Crippen LogP contribution is 2.34. The summed E-state index contributed by atoms with van der Waals surface area (Å²) in [5.74, 6) is -0.0956. The van der Waals surface area contributed by atoms with Crippen LogP contribution in [-0.2, 0) is 24.1 Å². The fourth-order valence-electron chi connectivity index (χ4n) is 3.79. The van der Waals surface area contributed by atoms with Crippen molar-refractivity contribution in [3.63, 3.8) is 0 Å². The zero-order valence-corrected chi connectivity index (χ0v) is 15.8. The van der Waals surface area contributed by atoms with Crippen LogP contribution in [0.2, 0.25) is 0 Å². The third-order valence-electron chi connectivity index (χ3n) is 5.53. The molecule has 0 fully saturated rings. The normalized spacial score (nSPS) is 16.1. The number of benzene rings is 2. The largest absolute Gasteiger partial charge is 0.394 e. The van der Waals surface area contributed by atoms with Crippen LogP contribution in [0.3, 0.4) is 0 Å². The summed E-state index contributed by atoms with van der Waals surface area (Å²) in [5, 5.41) is 21.5. The van der Waals surface area contributed by atoms with Gasteiger partial charge in [-0.3, -0.25) is 9.69 Å². The van der Waals surface area contributed by atoms with Crippen molar-refractivity contribution in [2.24, 2.45) is 0 Å². The number of rotatable bonds is 8. The fraction of sp³-hybridized carbons (Fsp3) is 0.409. The first-order chi connectivity index (χ1) is 13.0. The lowest BCUT2D eigenvalue weighted by Gasteiger charge is -2.37. The van der Waals surface area contributed by atoms with Gasteiger partial charge in [0.05, 0.1) is 12.7 Å². The Kier molecular flexibility index (Phi) is 6.26. The van der Waals surface area contributed by atoms with E-state index in [1.54, 1.807) is 0 Å². The topological polar surface area (TPSA) is 72.8 Å². The zero-order valence-electron chi connectivity index (χ0n) is 15.8. The maximum absolute atomic E-state index is 13.2. The van der Waals surface area contributed by atoms with E-state index in [-0.39, 0.29) is 19.1 Å². The Morgan fingerprint density at radius 3 is 2.30 bits per heavy atom. The summed E-state index contributed by atoms with van der Waals surface area (Å²) in [5.41, 5.74) is 2.96. The summed E-state index contributed by atoms with van der Waals surface area (Å²) in [7, 11) is 2.00. The molecule has 1 aliphatic carbocycles. The van der Waals surface area contributed by atoms with Crippen molar-refractivity contribution in [3.05, 3.63) is 71.3 Å². The number of carbonyl (C=O) groups excluding carboxylic acids is 1. The first-order valence-corrected chi connectivity index (χ1v) is 9.44. The minimum absolute atomic E-state index is 0.0555. The number of aliphatic hydroxyl groups excluding tert-OH is 2. The van der Waals surface area contributed by atoms with Crippen LogP contribution in [0.5, 0.6) is 0 Å². The Hall–Kier alpha value is -2.21. The van der Waals surface area contributed by atoms with Gasteiger partial charge in [-0.15, -0.1) is 0 Å². The number of carbonyl (C=O) groups is 1. The Labute approximate surface area is 160 Å². The second kappa shape index (κ2) is 8.65. The molecule has 144 valence electrons. The molecule has 0 saturated carbocycles. The Morgan fingerprint density at radius 2 is 1.70 bits per heavy atom. The van der Waals surface area contributed by atoms with Gasteiger partial charge in [0.25, 0.3) is 0 Å². The SMILES string of the molecule is CN(CCc1ccccc1)C1(C(=O)NC[C@@H](O)CO)Cc2ccccc2C1. The van der Waals surface area contributed by atoms with Crippen LogP contribution in [0, 0.1) is 0 Å². The number of fused-ring (bicyclic) bond motifs is 1. The highest BCUT2D eigenvalue weighted by Gasteiger charge is 2.46. The average Bonchev–Trinajstić information content (AvgIpc) is 3.11. The molecule has 5 heteroatoms. The van der Waals surface area contributed by atoms with Gasteiger partial charge in [0, 0.05) is 25.9 Å². The molecule has 2 aromatic carbocycles. The minimum Gasteiger partial charge on any atom is -0.394 e. The van der Waals surface area contributed by atoms with Gasteiger partial charge in [-0.1, -0.05) is 54.6 Å². The van der Waals surface area contributed by atoms with E-state index in [2.05, 4.69) is 34.5 Å². The molecular weight excluding hydrogens is 340 g/mol. The predicted octanol–water partition coefficient (Wildman–Crippen LogP) is 1.17. The number of aliphatic hydroxyl groups is 2. The van der Waals surface area contributed by atoms with Crippen LogP contribution in [0.4, 0.5) is 0 Å². The van der Waals surface area contributed by atoms with Crippen molar-refractivity contribution in [2.45, 2.75) is 30.9 Å². The van der Waals surface area contributed by atoms with Crippen molar-refractivity contribution >= 4 is 5.91 Å². The van der Waals surface area contributed by atoms with Crippen LogP contribution in [-0.4, -0.2) is 59.4 Å². The number of hydrogen-bond acceptors (Lipinski definition) is 4. The summed E-state index contributed by atoms with van der Waals surface area (Å²) in [6.07, 6.45) is 1.22. The molecule has 0 spiro atoms. The Morgan fingerprint density at radius 1 is 1.11 bits per heavy atom. The molecule has 1 atom stereocenters. The standard InChI is InChI=1S/C22H28N2O3/c1-24(12-11-17-7-3-2-4-8-17)22(21(27)23-15-20(26)16-25)13-18-9-5-6-10-19(18)14-22/h2-10,20,25-26H,11-16H2,1H3,(H,23,27)/t20-/m1/s1. The van der Waals surface area contributed by atoms with Crippen molar-refractivity contribution in [1.29, 1.82) is 0 Å². The minimum atomic E-state index is -0.940. The van der Waals surface area contributed by atoms with E-state index in [9.17, 15) is 9.90 Å². The van der Waals surface area contributed by atoms with Gasteiger partial charge in [0.2, 0.25) is 5.91 Å². The summed E-state index contributed by atoms with van der Waals surface area (Å²) < 4.78 is 0. The highest BCUT2D eigenvalue weighted by molar-refractivity contribution is 5.88. The molecule has 3 N–H and O–H groups in total. The van der Waals surface area contributed by atoms with Gasteiger partial charge in [0.15, 0.2) is 0 Å². The lowest BCUT2D eigenvalue weighted by molar-refractivity contribution is -0.133. The van der Waals surface area contributed by atoms with Gasteiger partial charge in [0.1, 0.15) is 5.54 Å². The predicted molar refractivity (Wildman–Crippen MR) is 105 cm³/mol. The van der Waals surface area contributed by atoms with Crippen molar-refractivity contribution < 1.29 is 15.0 Å². The molecule has 2 aromatic rings. The molecule has 1 amide bonds. The van der Waals surface area contributed by atoms with E-state index in [0.29, 0.717) is 12.8 Å². The van der Waals surface area contributed by atoms with Crippen LogP contribution in [0.1, 0.15) is 16.7 Å². The van der Waals surface area contributed by atoms with E-state index >= 15 is 0 Å².